The second kappa shape index (κ2) is 7.97. The lowest BCUT2D eigenvalue weighted by Gasteiger charge is -2.18. The molecule has 0 bridgehead atoms. The molecule has 6 heteroatoms. The summed E-state index contributed by atoms with van der Waals surface area (Å²) in [6, 6.07) is 12.0. The molecule has 24 heavy (non-hydrogen) atoms. The molecule has 5 nitrogen and oxygen atoms in total. The maximum Gasteiger partial charge on any atom is 0.312 e. The molecule has 0 heterocycles. The van der Waals surface area contributed by atoms with Crippen molar-refractivity contribution in [1.29, 1.82) is 0 Å². The number of benzene rings is 2. The lowest BCUT2D eigenvalue weighted by molar-refractivity contribution is -0.116. The van der Waals surface area contributed by atoms with E-state index in [1.807, 2.05) is 56.3 Å². The van der Waals surface area contributed by atoms with Gasteiger partial charge in [-0.3, -0.25) is 4.79 Å². The van der Waals surface area contributed by atoms with Gasteiger partial charge in [0.2, 0.25) is 5.91 Å². The minimum atomic E-state index is -0.664. The van der Waals surface area contributed by atoms with Gasteiger partial charge >= 0.3 is 6.03 Å². The van der Waals surface area contributed by atoms with Gasteiger partial charge < -0.3 is 16.4 Å². The van der Waals surface area contributed by atoms with Gasteiger partial charge in [-0.25, -0.2) is 4.79 Å². The third-order valence-corrected chi connectivity index (χ3v) is 4.39. The van der Waals surface area contributed by atoms with E-state index in [0.29, 0.717) is 0 Å². The Morgan fingerprint density at radius 3 is 2.42 bits per heavy atom. The van der Waals surface area contributed by atoms with Crippen LogP contribution in [0.15, 0.2) is 46.9 Å². The Kier molecular flexibility index (Phi) is 5.98. The number of hydrogen-bond acceptors (Lipinski definition) is 2. The van der Waals surface area contributed by atoms with Gasteiger partial charge in [-0.15, -0.1) is 0 Å². The number of hydrogen-bond donors (Lipinski definition) is 3. The maximum atomic E-state index is 12.4. The molecule has 0 saturated heterocycles. The molecular formula is C18H20BrN3O2. The van der Waals surface area contributed by atoms with Crippen LogP contribution < -0.4 is 16.4 Å². The lowest BCUT2D eigenvalue weighted by Crippen LogP contribution is -2.35. The monoisotopic (exact) mass is 389 g/mol. The second-order valence-electron chi connectivity index (χ2n) is 5.61. The number of nitrogens with two attached hydrogens (primary N) is 1. The third kappa shape index (κ3) is 4.83. The average molecular weight is 390 g/mol. The van der Waals surface area contributed by atoms with Crippen LogP contribution >= 0.6 is 15.9 Å². The molecule has 0 saturated carbocycles. The number of urea groups is 1. The zero-order chi connectivity index (χ0) is 17.7. The first-order valence-corrected chi connectivity index (χ1v) is 8.33. The fourth-order valence-electron chi connectivity index (χ4n) is 2.39. The van der Waals surface area contributed by atoms with E-state index in [1.54, 1.807) is 0 Å². The molecule has 0 radical (unpaired) electrons. The number of anilines is 1. The summed E-state index contributed by atoms with van der Waals surface area (Å²) in [6.07, 6.45) is 0.0952. The van der Waals surface area contributed by atoms with Gasteiger partial charge in [0.05, 0.1) is 12.5 Å². The minimum Gasteiger partial charge on any atom is -0.352 e. The second-order valence-corrected chi connectivity index (χ2v) is 6.53. The van der Waals surface area contributed by atoms with Gasteiger partial charge in [-0.05, 0) is 48.7 Å². The Bertz CT molecular complexity index is 744. The number of aryl methyl sites for hydroxylation is 1. The molecule has 0 aliphatic heterocycles. The van der Waals surface area contributed by atoms with Crippen molar-refractivity contribution in [2.24, 2.45) is 5.73 Å². The van der Waals surface area contributed by atoms with Crippen LogP contribution in [0, 0.1) is 13.8 Å². The number of carbonyl (C=O) groups is 2. The number of amides is 3. The maximum absolute atomic E-state index is 12.4. The smallest absolute Gasteiger partial charge is 0.312 e. The van der Waals surface area contributed by atoms with Crippen LogP contribution in [0.5, 0.6) is 0 Å². The summed E-state index contributed by atoms with van der Waals surface area (Å²) in [5.41, 5.74) is 8.95. The van der Waals surface area contributed by atoms with Crippen LogP contribution in [-0.2, 0) is 4.79 Å². The van der Waals surface area contributed by atoms with Crippen molar-refractivity contribution in [2.75, 3.05) is 5.32 Å². The average Bonchev–Trinajstić information content (AvgIpc) is 2.51. The molecule has 1 atom stereocenters. The third-order valence-electron chi connectivity index (χ3n) is 3.86. The fourth-order valence-corrected chi connectivity index (χ4v) is 2.66. The number of rotatable bonds is 5. The van der Waals surface area contributed by atoms with Crippen molar-refractivity contribution < 1.29 is 9.59 Å². The summed E-state index contributed by atoms with van der Waals surface area (Å²) in [7, 11) is 0. The van der Waals surface area contributed by atoms with E-state index < -0.39 is 12.1 Å². The number of halogens is 1. The summed E-state index contributed by atoms with van der Waals surface area (Å²) in [4.78, 5) is 23.7. The SMILES string of the molecule is Cc1cccc(NC(=O)CC(NC(N)=O)c2ccc(Br)cc2)c1C. The van der Waals surface area contributed by atoms with Crippen LogP contribution in [0.4, 0.5) is 10.5 Å². The first-order chi connectivity index (χ1) is 11.4. The van der Waals surface area contributed by atoms with Gasteiger partial charge in [0.15, 0.2) is 0 Å². The van der Waals surface area contributed by atoms with Crippen molar-refractivity contribution in [3.8, 4) is 0 Å². The Hall–Kier alpha value is -2.34. The molecule has 0 aliphatic carbocycles. The molecule has 2 rings (SSSR count). The van der Waals surface area contributed by atoms with E-state index in [0.717, 1.165) is 26.9 Å². The number of nitrogens with one attached hydrogen (secondary N) is 2. The first-order valence-electron chi connectivity index (χ1n) is 7.54. The molecule has 2 aromatic rings. The summed E-state index contributed by atoms with van der Waals surface area (Å²) in [6.45, 7) is 3.95. The highest BCUT2D eigenvalue weighted by molar-refractivity contribution is 9.10. The normalized spacial score (nSPS) is 11.6. The van der Waals surface area contributed by atoms with Crippen LogP contribution in [0.1, 0.15) is 29.2 Å². The number of carbonyl (C=O) groups excluding carboxylic acids is 2. The first kappa shape index (κ1) is 18.0. The van der Waals surface area contributed by atoms with E-state index >= 15 is 0 Å². The van der Waals surface area contributed by atoms with Crippen molar-refractivity contribution in [1.82, 2.24) is 5.32 Å². The van der Waals surface area contributed by atoms with Gasteiger partial charge in [0, 0.05) is 10.2 Å². The zero-order valence-corrected chi connectivity index (χ0v) is 15.2. The standard InChI is InChI=1S/C18H20BrN3O2/c1-11-4-3-5-15(12(11)2)21-17(23)10-16(22-18(20)24)13-6-8-14(19)9-7-13/h3-9,16H,10H2,1-2H3,(H,21,23)(H3,20,22,24). The fraction of sp³-hybridized carbons (Fsp3) is 0.222. The van der Waals surface area contributed by atoms with Gasteiger partial charge in [-0.2, -0.15) is 0 Å². The topological polar surface area (TPSA) is 84.2 Å². The molecule has 0 fully saturated rings. The Labute approximate surface area is 149 Å². The Morgan fingerprint density at radius 1 is 1.12 bits per heavy atom. The molecule has 126 valence electrons. The van der Waals surface area contributed by atoms with Gasteiger partial charge in [-0.1, -0.05) is 40.2 Å². The molecule has 0 aromatic heterocycles. The van der Waals surface area contributed by atoms with Crippen LogP contribution in [0.3, 0.4) is 0 Å². The molecule has 0 spiro atoms. The van der Waals surface area contributed by atoms with Crippen molar-refractivity contribution in [3.05, 3.63) is 63.6 Å². The van der Waals surface area contributed by atoms with E-state index in [2.05, 4.69) is 26.6 Å². The molecule has 3 amide bonds. The zero-order valence-electron chi connectivity index (χ0n) is 13.6. The largest absolute Gasteiger partial charge is 0.352 e. The summed E-state index contributed by atoms with van der Waals surface area (Å²) in [5, 5.41) is 5.52. The van der Waals surface area contributed by atoms with Crippen LogP contribution in [0.25, 0.3) is 0 Å². The van der Waals surface area contributed by atoms with Gasteiger partial charge in [0.25, 0.3) is 0 Å². The summed E-state index contributed by atoms with van der Waals surface area (Å²) < 4.78 is 0.920. The lowest BCUT2D eigenvalue weighted by atomic mass is 10.0. The molecule has 2 aromatic carbocycles. The Balaban J connectivity index is 2.13. The Morgan fingerprint density at radius 2 is 1.79 bits per heavy atom. The van der Waals surface area contributed by atoms with E-state index in [4.69, 9.17) is 5.73 Å². The van der Waals surface area contributed by atoms with Gasteiger partial charge in [0.1, 0.15) is 0 Å². The predicted octanol–water partition coefficient (Wildman–Crippen LogP) is 3.80. The van der Waals surface area contributed by atoms with Crippen LogP contribution in [-0.4, -0.2) is 11.9 Å². The van der Waals surface area contributed by atoms with E-state index in [1.165, 1.54) is 0 Å². The highest BCUT2D eigenvalue weighted by Gasteiger charge is 2.18. The highest BCUT2D eigenvalue weighted by Crippen LogP contribution is 2.22. The highest BCUT2D eigenvalue weighted by atomic mass is 79.9. The quantitative estimate of drug-likeness (QED) is 0.726. The van der Waals surface area contributed by atoms with Crippen molar-refractivity contribution in [2.45, 2.75) is 26.3 Å². The molecular weight excluding hydrogens is 370 g/mol. The molecule has 4 N–H and O–H groups in total. The molecule has 1 unspecified atom stereocenters. The number of primary amides is 1. The van der Waals surface area contributed by atoms with E-state index in [-0.39, 0.29) is 12.3 Å². The minimum absolute atomic E-state index is 0.0952. The van der Waals surface area contributed by atoms with E-state index in [9.17, 15) is 9.59 Å². The van der Waals surface area contributed by atoms with Crippen molar-refractivity contribution in [3.63, 3.8) is 0 Å². The summed E-state index contributed by atoms with van der Waals surface area (Å²) in [5.74, 6) is -0.189. The van der Waals surface area contributed by atoms with Crippen molar-refractivity contribution >= 4 is 33.6 Å². The summed E-state index contributed by atoms with van der Waals surface area (Å²) >= 11 is 3.36. The predicted molar refractivity (Wildman–Crippen MR) is 98.8 cm³/mol. The van der Waals surface area contributed by atoms with Crippen LogP contribution in [0.2, 0.25) is 0 Å². The molecule has 0 aliphatic rings.